The lowest BCUT2D eigenvalue weighted by Crippen LogP contribution is -2.24. The minimum Gasteiger partial charge on any atom is -0.304 e. The van der Waals surface area contributed by atoms with E-state index in [0.717, 1.165) is 6.42 Å². The molecule has 1 aromatic rings. The summed E-state index contributed by atoms with van der Waals surface area (Å²) in [6.45, 7) is 1.93. The smallest absolute Gasteiger partial charge is 0.239 e. The molecule has 1 unspecified atom stereocenters. The number of nitrogens with one attached hydrogen (secondary N) is 1. The predicted molar refractivity (Wildman–Crippen MR) is 74.7 cm³/mol. The topological polar surface area (TPSA) is 102 Å². The van der Waals surface area contributed by atoms with Crippen LogP contribution in [0.25, 0.3) is 0 Å². The van der Waals surface area contributed by atoms with Crippen molar-refractivity contribution in [2.24, 2.45) is 10.1 Å². The summed E-state index contributed by atoms with van der Waals surface area (Å²) in [6.07, 6.45) is 0.736. The molecule has 2 rings (SSSR count). The number of hydrogen-bond donors (Lipinski definition) is 2. The zero-order valence-electron chi connectivity index (χ0n) is 10.2. The van der Waals surface area contributed by atoms with Crippen LogP contribution in [-0.2, 0) is 14.8 Å². The number of aliphatic imine (C=N–C) groups is 1. The number of hydrogen-bond acceptors (Lipinski definition) is 5. The highest BCUT2D eigenvalue weighted by Crippen LogP contribution is 2.25. The third-order valence-electron chi connectivity index (χ3n) is 2.54. The number of benzene rings is 1. The Morgan fingerprint density at radius 1 is 1.37 bits per heavy atom. The van der Waals surface area contributed by atoms with Gasteiger partial charge in [0.1, 0.15) is 0 Å². The van der Waals surface area contributed by atoms with Crippen molar-refractivity contribution in [2.75, 3.05) is 0 Å². The maximum absolute atomic E-state index is 11.5. The molecule has 1 saturated heterocycles. The third-order valence-corrected chi connectivity index (χ3v) is 4.72. The van der Waals surface area contributed by atoms with Crippen molar-refractivity contribution in [1.29, 1.82) is 0 Å². The van der Waals surface area contributed by atoms with E-state index in [-0.39, 0.29) is 16.1 Å². The van der Waals surface area contributed by atoms with Gasteiger partial charge in [-0.05, 0) is 30.7 Å². The van der Waals surface area contributed by atoms with Gasteiger partial charge < -0.3 is 5.32 Å². The Labute approximate surface area is 115 Å². The molecule has 3 N–H and O–H groups in total. The Morgan fingerprint density at radius 2 is 2.00 bits per heavy atom. The lowest BCUT2D eigenvalue weighted by Gasteiger charge is -2.00. The quantitative estimate of drug-likeness (QED) is 0.868. The van der Waals surface area contributed by atoms with E-state index in [0.29, 0.717) is 10.9 Å². The van der Waals surface area contributed by atoms with E-state index in [1.165, 1.54) is 23.9 Å². The van der Waals surface area contributed by atoms with Crippen molar-refractivity contribution in [2.45, 2.75) is 23.5 Å². The molecular formula is C11H13N3O3S2. The molecule has 0 radical (unpaired) electrons. The first-order valence-electron chi connectivity index (χ1n) is 5.59. The van der Waals surface area contributed by atoms with Crippen molar-refractivity contribution in [3.8, 4) is 0 Å². The van der Waals surface area contributed by atoms with E-state index in [4.69, 9.17) is 5.14 Å². The average molecular weight is 299 g/mol. The molecule has 1 aliphatic rings. The molecule has 1 amide bonds. The molecule has 8 heteroatoms. The largest absolute Gasteiger partial charge is 0.304 e. The summed E-state index contributed by atoms with van der Waals surface area (Å²) >= 11 is 1.37. The lowest BCUT2D eigenvalue weighted by atomic mass is 10.3. The molecule has 1 aromatic carbocycles. The molecule has 1 fully saturated rings. The van der Waals surface area contributed by atoms with Gasteiger partial charge in [-0.2, -0.15) is 0 Å². The molecular weight excluding hydrogens is 286 g/mol. The van der Waals surface area contributed by atoms with Crippen molar-refractivity contribution in [3.05, 3.63) is 24.3 Å². The fourth-order valence-corrected chi connectivity index (χ4v) is 2.99. The van der Waals surface area contributed by atoms with Crippen molar-refractivity contribution < 1.29 is 13.2 Å². The summed E-state index contributed by atoms with van der Waals surface area (Å²) in [5, 5.41) is 8.10. The molecule has 0 aromatic heterocycles. The van der Waals surface area contributed by atoms with Crippen molar-refractivity contribution in [3.63, 3.8) is 0 Å². The van der Waals surface area contributed by atoms with Crippen LogP contribution in [0.1, 0.15) is 13.3 Å². The minimum atomic E-state index is -3.69. The van der Waals surface area contributed by atoms with Gasteiger partial charge in [-0.3, -0.25) is 4.79 Å². The summed E-state index contributed by atoms with van der Waals surface area (Å²) in [6, 6.07) is 5.85. The van der Waals surface area contributed by atoms with Crippen molar-refractivity contribution in [1.82, 2.24) is 5.32 Å². The second-order valence-corrected chi connectivity index (χ2v) is 6.71. The van der Waals surface area contributed by atoms with Gasteiger partial charge in [0, 0.05) is 0 Å². The van der Waals surface area contributed by atoms with Crippen LogP contribution in [0.3, 0.4) is 0 Å². The van der Waals surface area contributed by atoms with E-state index < -0.39 is 10.0 Å². The fourth-order valence-electron chi connectivity index (χ4n) is 1.55. The van der Waals surface area contributed by atoms with Gasteiger partial charge in [0.15, 0.2) is 5.17 Å². The normalized spacial score (nSPS) is 21.7. The van der Waals surface area contributed by atoms with Crippen LogP contribution in [-0.4, -0.2) is 24.7 Å². The lowest BCUT2D eigenvalue weighted by molar-refractivity contribution is -0.118. The first-order chi connectivity index (χ1) is 8.90. The highest BCUT2D eigenvalue weighted by Gasteiger charge is 2.28. The maximum Gasteiger partial charge on any atom is 0.239 e. The standard InChI is InChI=1S/C11H13N3O3S2/c1-2-9-10(15)14-11(18-9)13-7-3-5-8(6-4-7)19(12,16)17/h3-6,9H,2H2,1H3,(H2,12,16,17)(H,13,14,15). The molecule has 0 saturated carbocycles. The Bertz CT molecular complexity index is 623. The monoisotopic (exact) mass is 299 g/mol. The average Bonchev–Trinajstić information content (AvgIpc) is 2.69. The molecule has 1 atom stereocenters. The van der Waals surface area contributed by atoms with Gasteiger partial charge in [0.05, 0.1) is 15.8 Å². The highest BCUT2D eigenvalue weighted by atomic mass is 32.2. The first kappa shape index (κ1) is 14.0. The number of carbonyl (C=O) groups excluding carboxylic acids is 1. The SMILES string of the molecule is CCC1SC(=Nc2ccc(S(N)(=O)=O)cc2)NC1=O. The first-order valence-corrected chi connectivity index (χ1v) is 8.02. The second kappa shape index (κ2) is 5.32. The van der Waals surface area contributed by atoms with Gasteiger partial charge in [-0.15, -0.1) is 0 Å². The molecule has 19 heavy (non-hydrogen) atoms. The molecule has 0 spiro atoms. The van der Waals surface area contributed by atoms with Crippen LogP contribution in [0.2, 0.25) is 0 Å². The van der Waals surface area contributed by atoms with Crippen LogP contribution in [0.5, 0.6) is 0 Å². The molecule has 1 heterocycles. The Hall–Kier alpha value is -1.38. The number of amides is 1. The van der Waals surface area contributed by atoms with Gasteiger partial charge in [-0.25, -0.2) is 18.5 Å². The second-order valence-electron chi connectivity index (χ2n) is 3.96. The molecule has 102 valence electrons. The number of amidine groups is 1. The van der Waals surface area contributed by atoms with E-state index in [2.05, 4.69) is 10.3 Å². The number of thioether (sulfide) groups is 1. The minimum absolute atomic E-state index is 0.0333. The number of rotatable bonds is 3. The van der Waals surface area contributed by atoms with Gasteiger partial charge in [0.2, 0.25) is 15.9 Å². The molecule has 0 bridgehead atoms. The molecule has 1 aliphatic heterocycles. The van der Waals surface area contributed by atoms with Crippen LogP contribution in [0.15, 0.2) is 34.2 Å². The number of nitrogens with two attached hydrogens (primary N) is 1. The number of nitrogens with zero attached hydrogens (tertiary/aromatic N) is 1. The zero-order valence-corrected chi connectivity index (χ0v) is 11.8. The summed E-state index contributed by atoms with van der Waals surface area (Å²) in [5.41, 5.74) is 0.562. The van der Waals surface area contributed by atoms with E-state index in [1.54, 1.807) is 12.1 Å². The van der Waals surface area contributed by atoms with Crippen LogP contribution < -0.4 is 10.5 Å². The van der Waals surface area contributed by atoms with Gasteiger partial charge in [0.25, 0.3) is 0 Å². The van der Waals surface area contributed by atoms with Crippen molar-refractivity contribution >= 4 is 38.5 Å². The Morgan fingerprint density at radius 3 is 2.47 bits per heavy atom. The molecule has 0 aliphatic carbocycles. The Balaban J connectivity index is 2.19. The number of carbonyl (C=O) groups is 1. The van der Waals surface area contributed by atoms with Gasteiger partial charge in [-0.1, -0.05) is 18.7 Å². The zero-order chi connectivity index (χ0) is 14.0. The summed E-state index contributed by atoms with van der Waals surface area (Å²) in [7, 11) is -3.69. The van der Waals surface area contributed by atoms with Gasteiger partial charge >= 0.3 is 0 Å². The van der Waals surface area contributed by atoms with E-state index in [1.807, 2.05) is 6.92 Å². The van der Waals surface area contributed by atoms with Crippen LogP contribution in [0.4, 0.5) is 5.69 Å². The highest BCUT2D eigenvalue weighted by molar-refractivity contribution is 8.15. The number of primary sulfonamides is 1. The van der Waals surface area contributed by atoms with E-state index in [9.17, 15) is 13.2 Å². The summed E-state index contributed by atoms with van der Waals surface area (Å²) < 4.78 is 22.2. The van der Waals surface area contributed by atoms with Crippen LogP contribution in [0, 0.1) is 0 Å². The number of sulfonamides is 1. The summed E-state index contributed by atoms with van der Waals surface area (Å²) in [5.74, 6) is -0.0487. The summed E-state index contributed by atoms with van der Waals surface area (Å²) in [4.78, 5) is 15.8. The predicted octanol–water partition coefficient (Wildman–Crippen LogP) is 0.963. The molecule has 6 nitrogen and oxygen atoms in total. The maximum atomic E-state index is 11.5. The third kappa shape index (κ3) is 3.34. The van der Waals surface area contributed by atoms with Crippen LogP contribution >= 0.6 is 11.8 Å². The van der Waals surface area contributed by atoms with E-state index >= 15 is 0 Å². The fraction of sp³-hybridized carbons (Fsp3) is 0.273. The Kier molecular flexibility index (Phi) is 3.93.